The molecule has 2 aromatic heterocycles. The normalized spacial score (nSPS) is 12.3. The summed E-state index contributed by atoms with van der Waals surface area (Å²) in [6.45, 7) is 2.86. The third-order valence-corrected chi connectivity index (χ3v) is 4.99. The summed E-state index contributed by atoms with van der Waals surface area (Å²) in [7, 11) is 0. The van der Waals surface area contributed by atoms with Crippen molar-refractivity contribution in [3.63, 3.8) is 0 Å². The molecule has 2 rings (SSSR count). The molecule has 21 heavy (non-hydrogen) atoms. The van der Waals surface area contributed by atoms with Gasteiger partial charge in [0, 0.05) is 29.5 Å². The van der Waals surface area contributed by atoms with Crippen molar-refractivity contribution in [2.75, 3.05) is 13.2 Å². The second-order valence-electron chi connectivity index (χ2n) is 4.92. The maximum Gasteiger partial charge on any atom is 0.226 e. The van der Waals surface area contributed by atoms with Crippen LogP contribution in [0.25, 0.3) is 10.6 Å². The maximum atomic E-state index is 11.9. The predicted molar refractivity (Wildman–Crippen MR) is 87.6 cm³/mol. The van der Waals surface area contributed by atoms with Crippen LogP contribution in [0.2, 0.25) is 0 Å². The smallest absolute Gasteiger partial charge is 0.226 e. The molecule has 0 spiro atoms. The highest BCUT2D eigenvalue weighted by Gasteiger charge is 2.11. The van der Waals surface area contributed by atoms with Gasteiger partial charge in [-0.2, -0.15) is 11.3 Å². The number of amides is 1. The molecule has 2 N–H and O–H groups in total. The van der Waals surface area contributed by atoms with Crippen LogP contribution in [-0.4, -0.2) is 29.1 Å². The second kappa shape index (κ2) is 8.26. The third-order valence-electron chi connectivity index (χ3n) is 3.36. The number of aliphatic hydroxyl groups is 1. The van der Waals surface area contributed by atoms with Crippen LogP contribution in [0.3, 0.4) is 0 Å². The number of aromatic nitrogens is 1. The van der Waals surface area contributed by atoms with E-state index in [1.54, 1.807) is 22.7 Å². The van der Waals surface area contributed by atoms with E-state index in [-0.39, 0.29) is 12.5 Å². The van der Waals surface area contributed by atoms with Gasteiger partial charge in [0.1, 0.15) is 5.01 Å². The van der Waals surface area contributed by atoms with Gasteiger partial charge in [-0.15, -0.1) is 11.3 Å². The predicted octanol–water partition coefficient (Wildman–Crippen LogP) is 2.94. The molecule has 0 radical (unpaired) electrons. The molecule has 0 aromatic carbocycles. The monoisotopic (exact) mass is 324 g/mol. The Hall–Kier alpha value is -1.24. The van der Waals surface area contributed by atoms with Crippen molar-refractivity contribution in [3.05, 3.63) is 27.9 Å². The minimum atomic E-state index is -0.00596. The molecule has 4 nitrogen and oxygen atoms in total. The first-order chi connectivity index (χ1) is 10.2. The largest absolute Gasteiger partial charge is 0.396 e. The van der Waals surface area contributed by atoms with E-state index < -0.39 is 0 Å². The van der Waals surface area contributed by atoms with Crippen molar-refractivity contribution in [2.45, 2.75) is 26.2 Å². The summed E-state index contributed by atoms with van der Waals surface area (Å²) in [5.41, 5.74) is 1.93. The summed E-state index contributed by atoms with van der Waals surface area (Å²) in [5, 5.41) is 18.9. The summed E-state index contributed by atoms with van der Waals surface area (Å²) >= 11 is 3.21. The number of carbonyl (C=O) groups excluding carboxylic acids is 1. The van der Waals surface area contributed by atoms with Gasteiger partial charge in [-0.05, 0) is 23.8 Å². The molecule has 2 heterocycles. The van der Waals surface area contributed by atoms with Crippen molar-refractivity contribution in [2.24, 2.45) is 5.92 Å². The number of thiophene rings is 1. The first-order valence-electron chi connectivity index (χ1n) is 7.07. The van der Waals surface area contributed by atoms with Gasteiger partial charge >= 0.3 is 0 Å². The fraction of sp³-hybridized carbons (Fsp3) is 0.467. The molecule has 0 fully saturated rings. The van der Waals surface area contributed by atoms with Gasteiger partial charge in [0.25, 0.3) is 0 Å². The zero-order valence-electron chi connectivity index (χ0n) is 12.0. The minimum Gasteiger partial charge on any atom is -0.396 e. The van der Waals surface area contributed by atoms with Crippen molar-refractivity contribution >= 4 is 28.6 Å². The number of carbonyl (C=O) groups is 1. The molecule has 0 saturated carbocycles. The lowest BCUT2D eigenvalue weighted by atomic mass is 10.0. The number of nitrogens with zero attached hydrogens (tertiary/aromatic N) is 1. The fourth-order valence-electron chi connectivity index (χ4n) is 2.03. The standard InChI is InChI=1S/C15H20N2O2S2/c1-2-11(3-5-18)8-16-14(19)7-13-10-21-15(17-13)12-4-6-20-9-12/h4,6,9-11,18H,2-3,5,7-8H2,1H3,(H,16,19). The average molecular weight is 324 g/mol. The number of thiazole rings is 1. The highest BCUT2D eigenvalue weighted by atomic mass is 32.1. The van der Waals surface area contributed by atoms with Crippen molar-refractivity contribution < 1.29 is 9.90 Å². The lowest BCUT2D eigenvalue weighted by Gasteiger charge is -2.13. The molecular formula is C15H20N2O2S2. The van der Waals surface area contributed by atoms with E-state index >= 15 is 0 Å². The Balaban J connectivity index is 1.83. The highest BCUT2D eigenvalue weighted by Crippen LogP contribution is 2.25. The molecule has 0 aliphatic heterocycles. The van der Waals surface area contributed by atoms with Gasteiger partial charge in [-0.25, -0.2) is 4.98 Å². The molecule has 2 aromatic rings. The number of hydrogen-bond acceptors (Lipinski definition) is 5. The van der Waals surface area contributed by atoms with Crippen LogP contribution in [0.1, 0.15) is 25.5 Å². The minimum absolute atomic E-state index is 0.00596. The molecule has 0 bridgehead atoms. The Morgan fingerprint density at radius 1 is 1.48 bits per heavy atom. The van der Waals surface area contributed by atoms with E-state index in [0.29, 0.717) is 18.9 Å². The lowest BCUT2D eigenvalue weighted by molar-refractivity contribution is -0.120. The molecule has 0 saturated heterocycles. The van der Waals surface area contributed by atoms with Gasteiger partial charge in [0.2, 0.25) is 5.91 Å². The van der Waals surface area contributed by atoms with Crippen molar-refractivity contribution in [1.82, 2.24) is 10.3 Å². The Labute approximate surface area is 132 Å². The van der Waals surface area contributed by atoms with Crippen LogP contribution in [-0.2, 0) is 11.2 Å². The van der Waals surface area contributed by atoms with Crippen LogP contribution in [0.5, 0.6) is 0 Å². The summed E-state index contributed by atoms with van der Waals surface area (Å²) in [6, 6.07) is 2.04. The van der Waals surface area contributed by atoms with Gasteiger partial charge in [0.05, 0.1) is 12.1 Å². The first kappa shape index (κ1) is 16.1. The number of nitrogens with one attached hydrogen (secondary N) is 1. The number of aliphatic hydroxyl groups excluding tert-OH is 1. The SMILES string of the molecule is CCC(CCO)CNC(=O)Cc1csc(-c2ccsc2)n1. The fourth-order valence-corrected chi connectivity index (χ4v) is 3.56. The first-order valence-corrected chi connectivity index (χ1v) is 8.89. The average Bonchev–Trinajstić information content (AvgIpc) is 3.14. The maximum absolute atomic E-state index is 11.9. The van der Waals surface area contributed by atoms with E-state index in [4.69, 9.17) is 5.11 Å². The molecule has 0 aliphatic carbocycles. The quantitative estimate of drug-likeness (QED) is 0.785. The van der Waals surface area contributed by atoms with Gasteiger partial charge in [-0.3, -0.25) is 4.79 Å². The number of rotatable bonds is 8. The highest BCUT2D eigenvalue weighted by molar-refractivity contribution is 7.14. The Morgan fingerprint density at radius 2 is 2.33 bits per heavy atom. The summed E-state index contributed by atoms with van der Waals surface area (Å²) in [6.07, 6.45) is 2.01. The van der Waals surface area contributed by atoms with Crippen molar-refractivity contribution in [1.29, 1.82) is 0 Å². The molecule has 114 valence electrons. The molecular weight excluding hydrogens is 304 g/mol. The van der Waals surface area contributed by atoms with Gasteiger partial charge < -0.3 is 10.4 Å². The van der Waals surface area contributed by atoms with E-state index in [2.05, 4.69) is 22.6 Å². The zero-order valence-corrected chi connectivity index (χ0v) is 13.7. The Morgan fingerprint density at radius 3 is 3.00 bits per heavy atom. The van der Waals surface area contributed by atoms with Crippen LogP contribution in [0.15, 0.2) is 22.2 Å². The van der Waals surface area contributed by atoms with E-state index in [0.717, 1.165) is 29.1 Å². The van der Waals surface area contributed by atoms with Crippen molar-refractivity contribution in [3.8, 4) is 10.6 Å². The van der Waals surface area contributed by atoms with Crippen LogP contribution < -0.4 is 5.32 Å². The van der Waals surface area contributed by atoms with Crippen LogP contribution >= 0.6 is 22.7 Å². The summed E-state index contributed by atoms with van der Waals surface area (Å²) in [4.78, 5) is 16.4. The van der Waals surface area contributed by atoms with E-state index in [1.165, 1.54) is 0 Å². The Kier molecular flexibility index (Phi) is 6.35. The second-order valence-corrected chi connectivity index (χ2v) is 6.56. The van der Waals surface area contributed by atoms with E-state index in [9.17, 15) is 4.79 Å². The summed E-state index contributed by atoms with van der Waals surface area (Å²) < 4.78 is 0. The van der Waals surface area contributed by atoms with Gasteiger partial charge in [-0.1, -0.05) is 13.3 Å². The molecule has 1 amide bonds. The van der Waals surface area contributed by atoms with Crippen LogP contribution in [0.4, 0.5) is 0 Å². The molecule has 1 atom stereocenters. The summed E-state index contributed by atoms with van der Waals surface area (Å²) in [5.74, 6) is 0.337. The molecule has 0 aliphatic rings. The zero-order chi connectivity index (χ0) is 15.1. The number of hydrogen-bond donors (Lipinski definition) is 2. The molecule has 1 unspecified atom stereocenters. The van der Waals surface area contributed by atoms with E-state index in [1.807, 2.05) is 16.8 Å². The molecule has 6 heteroatoms. The third kappa shape index (κ3) is 4.91. The van der Waals surface area contributed by atoms with Gasteiger partial charge in [0.15, 0.2) is 0 Å². The Bertz CT molecular complexity index is 552. The topological polar surface area (TPSA) is 62.2 Å². The van der Waals surface area contributed by atoms with Crippen LogP contribution in [0, 0.1) is 5.92 Å². The lowest BCUT2D eigenvalue weighted by Crippen LogP contribution is -2.30.